The molecule has 162 valence electrons. The third kappa shape index (κ3) is 3.75. The van der Waals surface area contributed by atoms with Gasteiger partial charge < -0.3 is 9.84 Å². The summed E-state index contributed by atoms with van der Waals surface area (Å²) in [6.45, 7) is 4.19. The maximum atomic E-state index is 13.1. The van der Waals surface area contributed by atoms with Crippen molar-refractivity contribution in [1.82, 2.24) is 4.98 Å². The van der Waals surface area contributed by atoms with Crippen LogP contribution in [0.4, 0.5) is 5.82 Å². The number of rotatable bonds is 5. The van der Waals surface area contributed by atoms with Crippen LogP contribution in [0.25, 0.3) is 5.76 Å². The molecule has 0 aliphatic carbocycles. The van der Waals surface area contributed by atoms with Gasteiger partial charge in [-0.1, -0.05) is 44.2 Å². The molecule has 1 saturated heterocycles. The fraction of sp³-hybridized carbons (Fsp3) is 0.192. The summed E-state index contributed by atoms with van der Waals surface area (Å²) >= 11 is 0. The smallest absolute Gasteiger partial charge is 0.301 e. The number of aromatic nitrogens is 1. The summed E-state index contributed by atoms with van der Waals surface area (Å²) in [7, 11) is 1.55. The fourth-order valence-corrected chi connectivity index (χ4v) is 3.85. The van der Waals surface area contributed by atoms with Gasteiger partial charge in [-0.25, -0.2) is 4.98 Å². The zero-order chi connectivity index (χ0) is 22.8. The lowest BCUT2D eigenvalue weighted by Gasteiger charge is -2.24. The van der Waals surface area contributed by atoms with Crippen LogP contribution in [0.3, 0.4) is 0 Å². The first kappa shape index (κ1) is 21.3. The van der Waals surface area contributed by atoms with Gasteiger partial charge in [0.25, 0.3) is 5.78 Å². The van der Waals surface area contributed by atoms with E-state index in [1.807, 2.05) is 24.3 Å². The maximum Gasteiger partial charge on any atom is 0.301 e. The van der Waals surface area contributed by atoms with Crippen LogP contribution >= 0.6 is 0 Å². The Hall–Kier alpha value is -3.93. The highest BCUT2D eigenvalue weighted by atomic mass is 16.5. The molecule has 1 unspecified atom stereocenters. The Balaban J connectivity index is 1.89. The Morgan fingerprint density at radius 3 is 2.25 bits per heavy atom. The number of aliphatic hydroxyl groups excluding tert-OH is 1. The minimum absolute atomic E-state index is 0.0307. The number of amides is 1. The van der Waals surface area contributed by atoms with E-state index in [1.54, 1.807) is 55.8 Å². The number of nitrogens with zero attached hydrogens (tertiary/aromatic N) is 2. The van der Waals surface area contributed by atoms with Gasteiger partial charge in [-0.3, -0.25) is 14.5 Å². The number of anilines is 1. The number of pyridine rings is 1. The highest BCUT2D eigenvalue weighted by Crippen LogP contribution is 2.41. The zero-order valence-electron chi connectivity index (χ0n) is 18.1. The third-order valence-electron chi connectivity index (χ3n) is 5.62. The van der Waals surface area contributed by atoms with Gasteiger partial charge in [0.2, 0.25) is 0 Å². The number of ether oxygens (including phenoxy) is 1. The van der Waals surface area contributed by atoms with E-state index in [1.165, 1.54) is 4.90 Å². The number of hydrogen-bond acceptors (Lipinski definition) is 5. The largest absolute Gasteiger partial charge is 0.507 e. The van der Waals surface area contributed by atoms with Crippen LogP contribution in [0.1, 0.15) is 42.5 Å². The number of aliphatic hydroxyl groups is 1. The molecule has 1 N–H and O–H groups in total. The molecule has 1 amide bonds. The van der Waals surface area contributed by atoms with Crippen molar-refractivity contribution in [1.29, 1.82) is 0 Å². The molecule has 0 saturated carbocycles. The van der Waals surface area contributed by atoms with E-state index in [-0.39, 0.29) is 11.3 Å². The molecule has 6 nitrogen and oxygen atoms in total. The SMILES string of the molecule is COc1ccc(C(O)=C2C(=O)C(=O)N(c3ccccn3)C2c2ccc(C(C)C)cc2)cc1. The molecular weight excluding hydrogens is 404 g/mol. The van der Waals surface area contributed by atoms with Crippen LogP contribution in [0, 0.1) is 0 Å². The van der Waals surface area contributed by atoms with Crippen molar-refractivity contribution in [3.63, 3.8) is 0 Å². The highest BCUT2D eigenvalue weighted by Gasteiger charge is 2.47. The van der Waals surface area contributed by atoms with E-state index < -0.39 is 17.7 Å². The van der Waals surface area contributed by atoms with Gasteiger partial charge in [0.05, 0.1) is 18.7 Å². The van der Waals surface area contributed by atoms with Crippen molar-refractivity contribution in [2.45, 2.75) is 25.8 Å². The minimum Gasteiger partial charge on any atom is -0.507 e. The monoisotopic (exact) mass is 428 g/mol. The molecule has 32 heavy (non-hydrogen) atoms. The van der Waals surface area contributed by atoms with Crippen LogP contribution in [0.5, 0.6) is 5.75 Å². The summed E-state index contributed by atoms with van der Waals surface area (Å²) in [4.78, 5) is 31.8. The quantitative estimate of drug-likeness (QED) is 0.357. The summed E-state index contributed by atoms with van der Waals surface area (Å²) < 4.78 is 5.17. The topological polar surface area (TPSA) is 79.7 Å². The molecule has 6 heteroatoms. The average molecular weight is 428 g/mol. The number of ketones is 1. The first-order chi connectivity index (χ1) is 15.4. The van der Waals surface area contributed by atoms with Gasteiger partial charge in [0.1, 0.15) is 17.3 Å². The lowest BCUT2D eigenvalue weighted by molar-refractivity contribution is -0.132. The van der Waals surface area contributed by atoms with Gasteiger partial charge in [-0.05, 0) is 53.4 Å². The molecule has 1 aromatic heterocycles. The first-order valence-electron chi connectivity index (χ1n) is 10.4. The van der Waals surface area contributed by atoms with E-state index in [0.717, 1.165) is 5.56 Å². The molecule has 2 aromatic carbocycles. The summed E-state index contributed by atoms with van der Waals surface area (Å²) in [6, 6.07) is 18.8. The number of Topliss-reactive ketones (excluding diaryl/α,β-unsaturated/α-hetero) is 1. The zero-order valence-corrected chi connectivity index (χ0v) is 18.1. The number of carbonyl (C=O) groups is 2. The Kier molecular flexibility index (Phi) is 5.77. The average Bonchev–Trinajstić information content (AvgIpc) is 3.09. The van der Waals surface area contributed by atoms with Crippen molar-refractivity contribution in [3.05, 3.63) is 95.2 Å². The number of methoxy groups -OCH3 is 1. The highest BCUT2D eigenvalue weighted by molar-refractivity contribution is 6.51. The molecule has 2 heterocycles. The maximum absolute atomic E-state index is 13.1. The Labute approximate surface area is 186 Å². The van der Waals surface area contributed by atoms with Gasteiger partial charge in [0, 0.05) is 11.8 Å². The lowest BCUT2D eigenvalue weighted by atomic mass is 9.93. The predicted molar refractivity (Wildman–Crippen MR) is 123 cm³/mol. The molecule has 0 spiro atoms. The number of carbonyl (C=O) groups excluding carboxylic acids is 2. The lowest BCUT2D eigenvalue weighted by Crippen LogP contribution is -2.30. The normalized spacial score (nSPS) is 17.8. The standard InChI is InChI=1S/C26H24N2O4/c1-16(2)17-7-9-18(10-8-17)23-22(24(29)19-11-13-20(32-3)14-12-19)25(30)26(31)28(23)21-6-4-5-15-27-21/h4-16,23,29H,1-3H3. The van der Waals surface area contributed by atoms with E-state index in [9.17, 15) is 14.7 Å². The van der Waals surface area contributed by atoms with Crippen LogP contribution in [0.2, 0.25) is 0 Å². The Morgan fingerprint density at radius 1 is 1.00 bits per heavy atom. The van der Waals surface area contributed by atoms with E-state index in [4.69, 9.17) is 4.74 Å². The molecule has 1 aliphatic rings. The summed E-state index contributed by atoms with van der Waals surface area (Å²) in [6.07, 6.45) is 1.57. The van der Waals surface area contributed by atoms with Crippen molar-refractivity contribution in [2.24, 2.45) is 0 Å². The van der Waals surface area contributed by atoms with Crippen LogP contribution in [0.15, 0.2) is 78.5 Å². The summed E-state index contributed by atoms with van der Waals surface area (Å²) in [5.74, 6) is -0.399. The van der Waals surface area contributed by atoms with E-state index in [2.05, 4.69) is 18.8 Å². The molecule has 1 atom stereocenters. The van der Waals surface area contributed by atoms with Gasteiger partial charge in [0.15, 0.2) is 0 Å². The Morgan fingerprint density at radius 2 is 1.69 bits per heavy atom. The molecular formula is C26H24N2O4. The molecule has 1 fully saturated rings. The molecule has 4 rings (SSSR count). The minimum atomic E-state index is -0.798. The predicted octanol–water partition coefficient (Wildman–Crippen LogP) is 4.84. The molecule has 0 radical (unpaired) electrons. The van der Waals surface area contributed by atoms with Gasteiger partial charge >= 0.3 is 5.91 Å². The van der Waals surface area contributed by atoms with Crippen LogP contribution in [-0.4, -0.2) is 28.9 Å². The number of hydrogen-bond donors (Lipinski definition) is 1. The second kappa shape index (κ2) is 8.67. The van der Waals surface area contributed by atoms with Crippen molar-refractivity contribution < 1.29 is 19.4 Å². The molecule has 3 aromatic rings. The summed E-state index contributed by atoms with van der Waals surface area (Å²) in [5.41, 5.74) is 2.31. The second-order valence-corrected chi connectivity index (χ2v) is 7.91. The number of benzene rings is 2. The van der Waals surface area contributed by atoms with Gasteiger partial charge in [-0.2, -0.15) is 0 Å². The van der Waals surface area contributed by atoms with Crippen molar-refractivity contribution in [3.8, 4) is 5.75 Å². The van der Waals surface area contributed by atoms with E-state index in [0.29, 0.717) is 28.6 Å². The van der Waals surface area contributed by atoms with Crippen molar-refractivity contribution >= 4 is 23.3 Å². The Bertz CT molecular complexity index is 1170. The van der Waals surface area contributed by atoms with Gasteiger partial charge in [-0.15, -0.1) is 0 Å². The molecule has 0 bridgehead atoms. The van der Waals surface area contributed by atoms with Crippen molar-refractivity contribution in [2.75, 3.05) is 12.0 Å². The third-order valence-corrected chi connectivity index (χ3v) is 5.62. The summed E-state index contributed by atoms with van der Waals surface area (Å²) in [5, 5.41) is 11.1. The fourth-order valence-electron chi connectivity index (χ4n) is 3.85. The second-order valence-electron chi connectivity index (χ2n) is 7.91. The molecule has 1 aliphatic heterocycles. The van der Waals surface area contributed by atoms with Crippen LogP contribution in [-0.2, 0) is 9.59 Å². The van der Waals surface area contributed by atoms with Crippen LogP contribution < -0.4 is 9.64 Å². The van der Waals surface area contributed by atoms with E-state index >= 15 is 0 Å². The first-order valence-corrected chi connectivity index (χ1v) is 10.4.